The van der Waals surface area contributed by atoms with Gasteiger partial charge in [0.2, 0.25) is 0 Å². The van der Waals surface area contributed by atoms with Crippen molar-refractivity contribution in [2.45, 2.75) is 23.7 Å². The van der Waals surface area contributed by atoms with Gasteiger partial charge in [-0.2, -0.15) is 8.78 Å². The fourth-order valence-corrected chi connectivity index (χ4v) is 2.88. The average Bonchev–Trinajstić information content (AvgIpc) is 3.11. The van der Waals surface area contributed by atoms with Crippen molar-refractivity contribution in [1.29, 1.82) is 0 Å². The number of amides is 1. The van der Waals surface area contributed by atoms with Crippen LogP contribution in [-0.2, 0) is 9.53 Å². The van der Waals surface area contributed by atoms with Crippen LogP contribution in [0.3, 0.4) is 0 Å². The Labute approximate surface area is 157 Å². The Balaban J connectivity index is 1.62. The number of aromatic nitrogens is 2. The number of pyridine rings is 1. The van der Waals surface area contributed by atoms with E-state index in [0.717, 1.165) is 0 Å². The smallest absolute Gasteiger partial charge is 0.339 e. The largest absolute Gasteiger partial charge is 0.449 e. The maximum absolute atomic E-state index is 12.4. The summed E-state index contributed by atoms with van der Waals surface area (Å²) in [5.74, 6) is -3.69. The molecule has 0 fully saturated rings. The molecule has 0 aliphatic heterocycles. The molecule has 1 aromatic carbocycles. The lowest BCUT2D eigenvalue weighted by Gasteiger charge is -2.14. The quantitative estimate of drug-likeness (QED) is 0.489. The van der Waals surface area contributed by atoms with Gasteiger partial charge in [0.05, 0.1) is 5.56 Å². The highest BCUT2D eigenvalue weighted by Crippen LogP contribution is 2.26. The van der Waals surface area contributed by atoms with Gasteiger partial charge in [-0.3, -0.25) is 4.79 Å². The monoisotopic (exact) mass is 391 g/mol. The van der Waals surface area contributed by atoms with Gasteiger partial charge in [-0.05, 0) is 43.3 Å². The number of alkyl halides is 2. The number of carbonyl (C=O) groups excluding carboxylic acids is 2. The Morgan fingerprint density at radius 3 is 2.63 bits per heavy atom. The van der Waals surface area contributed by atoms with Crippen molar-refractivity contribution in [3.05, 3.63) is 54.4 Å². The van der Waals surface area contributed by atoms with Gasteiger partial charge < -0.3 is 15.0 Å². The maximum atomic E-state index is 12.4. The molecule has 3 aromatic rings. The summed E-state index contributed by atoms with van der Waals surface area (Å²) in [5.41, 5.74) is 1.26. The molecule has 1 unspecified atom stereocenters. The van der Waals surface area contributed by atoms with Gasteiger partial charge in [0.1, 0.15) is 5.65 Å². The molecule has 2 aromatic heterocycles. The van der Waals surface area contributed by atoms with Crippen LogP contribution < -0.4 is 5.32 Å². The summed E-state index contributed by atoms with van der Waals surface area (Å²) in [4.78, 5) is 31.9. The number of thioether (sulfide) groups is 1. The summed E-state index contributed by atoms with van der Waals surface area (Å²) >= 11 is 0.417. The molecule has 0 saturated heterocycles. The van der Waals surface area contributed by atoms with E-state index >= 15 is 0 Å². The van der Waals surface area contributed by atoms with Gasteiger partial charge in [0, 0.05) is 28.4 Å². The lowest BCUT2D eigenvalue weighted by atomic mass is 10.2. The Kier molecular flexibility index (Phi) is 5.70. The van der Waals surface area contributed by atoms with E-state index in [0.29, 0.717) is 38.9 Å². The molecule has 0 aliphatic rings. The molecule has 0 radical (unpaired) electrons. The standard InChI is InChI=1S/C18H15F2N3O3S/c1-10(16(24)23-11-2-4-12(5-3-11)27-18(19)20)26-17(25)14-7-9-22-15-13(14)6-8-21-15/h2-10,18H,1H3,(H,21,22)(H,23,24). The van der Waals surface area contributed by atoms with Crippen molar-refractivity contribution >= 4 is 40.4 Å². The van der Waals surface area contributed by atoms with Crippen LogP contribution in [0, 0.1) is 0 Å². The topological polar surface area (TPSA) is 84.1 Å². The van der Waals surface area contributed by atoms with Crippen LogP contribution in [0.4, 0.5) is 14.5 Å². The van der Waals surface area contributed by atoms with E-state index in [2.05, 4.69) is 15.3 Å². The second-order valence-corrected chi connectivity index (χ2v) is 6.60. The number of H-pyrrole nitrogens is 1. The zero-order chi connectivity index (χ0) is 19.4. The molecule has 140 valence electrons. The number of benzene rings is 1. The summed E-state index contributed by atoms with van der Waals surface area (Å²) in [7, 11) is 0. The lowest BCUT2D eigenvalue weighted by Crippen LogP contribution is -2.30. The third kappa shape index (κ3) is 4.62. The molecule has 1 atom stereocenters. The van der Waals surface area contributed by atoms with Gasteiger partial charge in [-0.25, -0.2) is 9.78 Å². The Morgan fingerprint density at radius 2 is 1.93 bits per heavy atom. The first kappa shape index (κ1) is 18.8. The molecule has 2 N–H and O–H groups in total. The Hall–Kier alpha value is -2.94. The number of anilines is 1. The predicted molar refractivity (Wildman–Crippen MR) is 97.9 cm³/mol. The number of hydrogen-bond donors (Lipinski definition) is 2. The molecular weight excluding hydrogens is 376 g/mol. The van der Waals surface area contributed by atoms with E-state index in [1.807, 2.05) is 0 Å². The fourth-order valence-electron chi connectivity index (χ4n) is 2.38. The molecule has 9 heteroatoms. The number of nitrogens with one attached hydrogen (secondary N) is 2. The third-order valence-corrected chi connectivity index (χ3v) is 4.40. The van der Waals surface area contributed by atoms with Crippen LogP contribution >= 0.6 is 11.8 Å². The van der Waals surface area contributed by atoms with Crippen molar-refractivity contribution in [3.8, 4) is 0 Å². The highest BCUT2D eigenvalue weighted by Gasteiger charge is 2.21. The van der Waals surface area contributed by atoms with E-state index in [9.17, 15) is 18.4 Å². The van der Waals surface area contributed by atoms with Crippen molar-refractivity contribution in [2.75, 3.05) is 5.32 Å². The minimum Gasteiger partial charge on any atom is -0.449 e. The zero-order valence-corrected chi connectivity index (χ0v) is 14.9. The van der Waals surface area contributed by atoms with Gasteiger partial charge >= 0.3 is 5.97 Å². The SMILES string of the molecule is CC(OC(=O)c1ccnc2[nH]ccc12)C(=O)Nc1ccc(SC(F)F)cc1. The van der Waals surface area contributed by atoms with Crippen LogP contribution in [0.2, 0.25) is 0 Å². The second kappa shape index (κ2) is 8.17. The molecule has 3 rings (SSSR count). The summed E-state index contributed by atoms with van der Waals surface area (Å²) in [6, 6.07) is 9.17. The number of nitrogens with zero attached hydrogens (tertiary/aromatic N) is 1. The summed E-state index contributed by atoms with van der Waals surface area (Å²) in [6.07, 6.45) is 2.08. The van der Waals surface area contributed by atoms with E-state index in [4.69, 9.17) is 4.74 Å². The minimum atomic E-state index is -2.51. The number of hydrogen-bond acceptors (Lipinski definition) is 5. The van der Waals surface area contributed by atoms with Crippen LogP contribution in [-0.4, -0.2) is 33.7 Å². The zero-order valence-electron chi connectivity index (χ0n) is 14.1. The molecule has 1 amide bonds. The molecular formula is C18H15F2N3O3S. The number of carbonyl (C=O) groups is 2. The number of esters is 1. The fraction of sp³-hybridized carbons (Fsp3) is 0.167. The van der Waals surface area contributed by atoms with Crippen molar-refractivity contribution < 1.29 is 23.1 Å². The molecule has 27 heavy (non-hydrogen) atoms. The number of halogens is 2. The van der Waals surface area contributed by atoms with Crippen molar-refractivity contribution in [3.63, 3.8) is 0 Å². The van der Waals surface area contributed by atoms with Gasteiger partial charge in [-0.1, -0.05) is 11.8 Å². The van der Waals surface area contributed by atoms with E-state index < -0.39 is 23.7 Å². The van der Waals surface area contributed by atoms with Crippen LogP contribution in [0.5, 0.6) is 0 Å². The average molecular weight is 391 g/mol. The molecule has 0 spiro atoms. The van der Waals surface area contributed by atoms with Crippen molar-refractivity contribution in [2.24, 2.45) is 0 Å². The first-order valence-electron chi connectivity index (χ1n) is 7.93. The van der Waals surface area contributed by atoms with E-state index in [1.165, 1.54) is 43.5 Å². The van der Waals surface area contributed by atoms with E-state index in [1.54, 1.807) is 12.3 Å². The summed E-state index contributed by atoms with van der Waals surface area (Å²) in [5, 5.41) is 3.18. The third-order valence-electron chi connectivity index (χ3n) is 3.68. The number of aromatic amines is 1. The minimum absolute atomic E-state index is 0.300. The Morgan fingerprint density at radius 1 is 1.19 bits per heavy atom. The second-order valence-electron chi connectivity index (χ2n) is 5.54. The first-order chi connectivity index (χ1) is 12.9. The van der Waals surface area contributed by atoms with Gasteiger partial charge in [0.25, 0.3) is 11.7 Å². The normalized spacial score (nSPS) is 12.1. The molecule has 0 saturated carbocycles. The summed E-state index contributed by atoms with van der Waals surface area (Å²) in [6.45, 7) is 1.45. The van der Waals surface area contributed by atoms with Gasteiger partial charge in [0.15, 0.2) is 6.10 Å². The number of fused-ring (bicyclic) bond motifs is 1. The van der Waals surface area contributed by atoms with E-state index in [-0.39, 0.29) is 0 Å². The van der Waals surface area contributed by atoms with Gasteiger partial charge in [-0.15, -0.1) is 0 Å². The van der Waals surface area contributed by atoms with Crippen LogP contribution in [0.1, 0.15) is 17.3 Å². The maximum Gasteiger partial charge on any atom is 0.339 e. The molecule has 0 aliphatic carbocycles. The number of rotatable bonds is 6. The lowest BCUT2D eigenvalue weighted by molar-refractivity contribution is -0.123. The molecule has 6 nitrogen and oxygen atoms in total. The molecule has 0 bridgehead atoms. The summed E-state index contributed by atoms with van der Waals surface area (Å²) < 4.78 is 29.9. The highest BCUT2D eigenvalue weighted by molar-refractivity contribution is 7.99. The Bertz CT molecular complexity index is 960. The van der Waals surface area contributed by atoms with Crippen LogP contribution in [0.15, 0.2) is 53.7 Å². The van der Waals surface area contributed by atoms with Crippen molar-refractivity contribution in [1.82, 2.24) is 9.97 Å². The van der Waals surface area contributed by atoms with Crippen LogP contribution in [0.25, 0.3) is 11.0 Å². The molecule has 2 heterocycles. The highest BCUT2D eigenvalue weighted by atomic mass is 32.2. The first-order valence-corrected chi connectivity index (χ1v) is 8.81. The predicted octanol–water partition coefficient (Wildman–Crippen LogP) is 4.06. The number of ether oxygens (including phenoxy) is 1.